The average Bonchev–Trinajstić information content (AvgIpc) is 3.09. The molecule has 0 atom stereocenters. The molecule has 0 aliphatic carbocycles. The van der Waals surface area contributed by atoms with Gasteiger partial charge >= 0.3 is 0 Å². The van der Waals surface area contributed by atoms with Crippen LogP contribution in [-0.2, 0) is 14.4 Å². The van der Waals surface area contributed by atoms with E-state index in [9.17, 15) is 14.4 Å². The maximum atomic E-state index is 12.7. The number of ether oxygens (including phenoxy) is 1. The fraction of sp³-hybridized carbons (Fsp3) is 0.0417. The van der Waals surface area contributed by atoms with Crippen LogP contribution in [0, 0.1) is 0 Å². The van der Waals surface area contributed by atoms with Crippen molar-refractivity contribution in [1.82, 2.24) is 5.43 Å². The van der Waals surface area contributed by atoms with Crippen LogP contribution in [0.5, 0.6) is 5.75 Å². The van der Waals surface area contributed by atoms with E-state index in [0.717, 1.165) is 0 Å². The second kappa shape index (κ2) is 9.89. The summed E-state index contributed by atoms with van der Waals surface area (Å²) in [7, 11) is 0. The summed E-state index contributed by atoms with van der Waals surface area (Å²) in [6.07, 6.45) is 1.50. The van der Waals surface area contributed by atoms with Gasteiger partial charge in [0.05, 0.1) is 10.2 Å². The van der Waals surface area contributed by atoms with Crippen LogP contribution < -0.4 is 20.5 Å². The first-order chi connectivity index (χ1) is 15.9. The number of anilines is 2. The van der Waals surface area contributed by atoms with Crippen molar-refractivity contribution in [2.24, 2.45) is 0 Å². The molecule has 0 aromatic heterocycles. The SMILES string of the molecule is O=C(COc1ccc(/C=C2/C(=O)NN(c3ccccc3)C2=O)cc1Br)Nc1ccc(Cl)cc1. The molecule has 1 fully saturated rings. The third-order valence-corrected chi connectivity index (χ3v) is 5.53. The Balaban J connectivity index is 1.41. The van der Waals surface area contributed by atoms with Gasteiger partial charge in [-0.25, -0.2) is 5.01 Å². The Morgan fingerprint density at radius 1 is 1.06 bits per heavy atom. The van der Waals surface area contributed by atoms with Gasteiger partial charge in [-0.2, -0.15) is 0 Å². The van der Waals surface area contributed by atoms with E-state index >= 15 is 0 Å². The minimum Gasteiger partial charge on any atom is -0.483 e. The van der Waals surface area contributed by atoms with Crippen molar-refractivity contribution < 1.29 is 19.1 Å². The van der Waals surface area contributed by atoms with E-state index in [2.05, 4.69) is 26.7 Å². The summed E-state index contributed by atoms with van der Waals surface area (Å²) in [5.74, 6) is -0.818. The van der Waals surface area contributed by atoms with Crippen molar-refractivity contribution in [2.75, 3.05) is 16.9 Å². The van der Waals surface area contributed by atoms with E-state index in [1.54, 1.807) is 66.7 Å². The second-order valence-corrected chi connectivity index (χ2v) is 8.30. The van der Waals surface area contributed by atoms with Crippen LogP contribution in [0.15, 0.2) is 82.8 Å². The lowest BCUT2D eigenvalue weighted by atomic mass is 10.1. The molecule has 9 heteroatoms. The van der Waals surface area contributed by atoms with Crippen LogP contribution in [0.1, 0.15) is 5.56 Å². The Bertz CT molecular complexity index is 1250. The third kappa shape index (κ3) is 5.42. The molecule has 0 saturated carbocycles. The Morgan fingerprint density at radius 3 is 2.48 bits per heavy atom. The minimum atomic E-state index is -0.487. The molecule has 3 aromatic carbocycles. The van der Waals surface area contributed by atoms with E-state index in [1.165, 1.54) is 11.1 Å². The van der Waals surface area contributed by atoms with Crippen LogP contribution >= 0.6 is 27.5 Å². The average molecular weight is 527 g/mol. The number of rotatable bonds is 6. The molecule has 0 bridgehead atoms. The number of halogens is 2. The van der Waals surface area contributed by atoms with E-state index in [0.29, 0.717) is 32.2 Å². The quantitative estimate of drug-likeness (QED) is 0.364. The molecule has 3 amide bonds. The van der Waals surface area contributed by atoms with Gasteiger partial charge < -0.3 is 10.1 Å². The van der Waals surface area contributed by atoms with Gasteiger partial charge in [-0.05, 0) is 76.1 Å². The number of carbonyl (C=O) groups is 3. The maximum absolute atomic E-state index is 12.7. The zero-order valence-electron chi connectivity index (χ0n) is 17.0. The molecule has 33 heavy (non-hydrogen) atoms. The number of carbonyl (C=O) groups excluding carboxylic acids is 3. The smallest absolute Gasteiger partial charge is 0.282 e. The van der Waals surface area contributed by atoms with Crippen LogP contribution in [0.2, 0.25) is 5.02 Å². The number of amides is 3. The Hall–Kier alpha value is -3.62. The highest BCUT2D eigenvalue weighted by molar-refractivity contribution is 9.10. The summed E-state index contributed by atoms with van der Waals surface area (Å²) in [4.78, 5) is 37.2. The molecule has 4 rings (SSSR count). The van der Waals surface area contributed by atoms with Gasteiger partial charge in [-0.3, -0.25) is 19.8 Å². The number of hydrogen-bond acceptors (Lipinski definition) is 4. The Morgan fingerprint density at radius 2 is 1.79 bits per heavy atom. The van der Waals surface area contributed by atoms with Crippen molar-refractivity contribution in [3.63, 3.8) is 0 Å². The lowest BCUT2D eigenvalue weighted by Crippen LogP contribution is -2.35. The Labute approximate surface area is 203 Å². The highest BCUT2D eigenvalue weighted by Crippen LogP contribution is 2.28. The summed E-state index contributed by atoms with van der Waals surface area (Å²) in [6, 6.07) is 20.6. The molecule has 166 valence electrons. The number of nitrogens with one attached hydrogen (secondary N) is 2. The largest absolute Gasteiger partial charge is 0.483 e. The fourth-order valence-corrected chi connectivity index (χ4v) is 3.72. The molecule has 7 nitrogen and oxygen atoms in total. The molecule has 0 spiro atoms. The van der Waals surface area contributed by atoms with Crippen LogP contribution in [0.3, 0.4) is 0 Å². The number of para-hydroxylation sites is 1. The number of hydrazine groups is 1. The van der Waals surface area contributed by atoms with Gasteiger partial charge in [-0.15, -0.1) is 0 Å². The highest BCUT2D eigenvalue weighted by Gasteiger charge is 2.34. The molecular weight excluding hydrogens is 510 g/mol. The molecule has 1 aliphatic rings. The Kier molecular flexibility index (Phi) is 6.76. The van der Waals surface area contributed by atoms with Crippen LogP contribution in [-0.4, -0.2) is 24.3 Å². The normalized spacial score (nSPS) is 14.4. The van der Waals surface area contributed by atoms with Crippen molar-refractivity contribution in [3.8, 4) is 5.75 Å². The number of benzene rings is 3. The summed E-state index contributed by atoms with van der Waals surface area (Å²) in [5.41, 5.74) is 4.37. The minimum absolute atomic E-state index is 0.0155. The predicted molar refractivity (Wildman–Crippen MR) is 130 cm³/mol. The van der Waals surface area contributed by atoms with E-state index in [1.807, 2.05) is 6.07 Å². The molecule has 1 saturated heterocycles. The first-order valence-corrected chi connectivity index (χ1v) is 11.0. The second-order valence-electron chi connectivity index (χ2n) is 7.01. The highest BCUT2D eigenvalue weighted by atomic mass is 79.9. The van der Waals surface area contributed by atoms with Gasteiger partial charge in [0.2, 0.25) is 0 Å². The van der Waals surface area contributed by atoms with Crippen molar-refractivity contribution in [1.29, 1.82) is 0 Å². The zero-order valence-corrected chi connectivity index (χ0v) is 19.4. The molecule has 1 aliphatic heterocycles. The van der Waals surface area contributed by atoms with Gasteiger partial charge in [0.15, 0.2) is 6.61 Å². The van der Waals surface area contributed by atoms with Crippen molar-refractivity contribution in [3.05, 3.63) is 93.4 Å². The molecule has 1 heterocycles. The lowest BCUT2D eigenvalue weighted by molar-refractivity contribution is -0.118. The molecular formula is C24H17BrClN3O4. The monoisotopic (exact) mass is 525 g/mol. The van der Waals surface area contributed by atoms with E-state index in [4.69, 9.17) is 16.3 Å². The van der Waals surface area contributed by atoms with Gasteiger partial charge in [0.25, 0.3) is 17.7 Å². The van der Waals surface area contributed by atoms with Gasteiger partial charge in [-0.1, -0.05) is 35.9 Å². The van der Waals surface area contributed by atoms with Crippen LogP contribution in [0.25, 0.3) is 6.08 Å². The van der Waals surface area contributed by atoms with Crippen LogP contribution in [0.4, 0.5) is 11.4 Å². The molecule has 2 N–H and O–H groups in total. The predicted octanol–water partition coefficient (Wildman–Crippen LogP) is 4.58. The molecule has 0 radical (unpaired) electrons. The van der Waals surface area contributed by atoms with Crippen molar-refractivity contribution in [2.45, 2.75) is 0 Å². The van der Waals surface area contributed by atoms with E-state index in [-0.39, 0.29) is 18.1 Å². The number of hydrogen-bond donors (Lipinski definition) is 2. The van der Waals surface area contributed by atoms with Gasteiger partial charge in [0.1, 0.15) is 11.3 Å². The van der Waals surface area contributed by atoms with E-state index < -0.39 is 11.8 Å². The summed E-state index contributed by atoms with van der Waals surface area (Å²) < 4.78 is 6.15. The lowest BCUT2D eigenvalue weighted by Gasteiger charge is -2.13. The maximum Gasteiger partial charge on any atom is 0.282 e. The van der Waals surface area contributed by atoms with Crippen molar-refractivity contribution >= 4 is 62.7 Å². The fourth-order valence-electron chi connectivity index (χ4n) is 3.08. The standard InChI is InChI=1S/C24H17BrClN3O4/c25-20-13-15(12-19-23(31)28-29(24(19)32)18-4-2-1-3-5-18)6-11-21(20)33-14-22(30)27-17-9-7-16(26)8-10-17/h1-13H,14H2,(H,27,30)(H,28,31)/b19-12-. The third-order valence-electron chi connectivity index (χ3n) is 4.66. The summed E-state index contributed by atoms with van der Waals surface area (Å²) in [5, 5.41) is 4.50. The molecule has 0 unspecified atom stereocenters. The first kappa shape index (κ1) is 22.6. The summed E-state index contributed by atoms with van der Waals surface area (Å²) in [6.45, 7) is -0.200. The molecule has 3 aromatic rings. The number of nitrogens with zero attached hydrogens (tertiary/aromatic N) is 1. The van der Waals surface area contributed by atoms with Gasteiger partial charge in [0, 0.05) is 10.7 Å². The first-order valence-electron chi connectivity index (χ1n) is 9.80. The zero-order chi connectivity index (χ0) is 23.4. The summed E-state index contributed by atoms with van der Waals surface area (Å²) >= 11 is 9.24. The topological polar surface area (TPSA) is 87.7 Å².